The van der Waals surface area contributed by atoms with Crippen LogP contribution in [0, 0.1) is 0 Å². The number of esters is 1. The van der Waals surface area contributed by atoms with E-state index in [0.29, 0.717) is 16.0 Å². The van der Waals surface area contributed by atoms with Crippen LogP contribution in [-0.2, 0) is 20.9 Å². The zero-order chi connectivity index (χ0) is 16.1. The molecule has 1 amide bonds. The third kappa shape index (κ3) is 3.53. The van der Waals surface area contributed by atoms with Crippen LogP contribution in [0.25, 0.3) is 10.8 Å². The smallest absolute Gasteiger partial charge is 0.306 e. The topological polar surface area (TPSA) is 87.1 Å². The minimum absolute atomic E-state index is 0.0258. The molecule has 116 valence electrons. The van der Waals surface area contributed by atoms with Gasteiger partial charge in [-0.15, -0.1) is 0 Å². The molecule has 0 radical (unpaired) electrons. The Balaban J connectivity index is 2.08. The van der Waals surface area contributed by atoms with Gasteiger partial charge in [-0.05, 0) is 5.39 Å². The molecular weight excluding hydrogens is 286 g/mol. The van der Waals surface area contributed by atoms with Gasteiger partial charge in [-0.3, -0.25) is 14.8 Å². The van der Waals surface area contributed by atoms with Gasteiger partial charge in [-0.25, -0.2) is 5.06 Å². The maximum absolute atomic E-state index is 11.7. The molecule has 0 saturated heterocycles. The van der Waals surface area contributed by atoms with E-state index in [0.717, 1.165) is 5.39 Å². The second-order valence-corrected chi connectivity index (χ2v) is 4.82. The number of carbonyl (C=O) groups excluding carboxylic acids is 2. The van der Waals surface area contributed by atoms with Crippen LogP contribution in [-0.4, -0.2) is 34.4 Å². The van der Waals surface area contributed by atoms with E-state index in [-0.39, 0.29) is 25.1 Å². The third-order valence-electron chi connectivity index (χ3n) is 3.36. The van der Waals surface area contributed by atoms with E-state index in [2.05, 4.69) is 4.74 Å². The number of methoxy groups -OCH3 is 1. The van der Waals surface area contributed by atoms with Gasteiger partial charge >= 0.3 is 5.97 Å². The minimum Gasteiger partial charge on any atom is -0.507 e. The molecule has 6 nitrogen and oxygen atoms in total. The number of carbonyl (C=O) groups is 2. The molecule has 0 unspecified atom stereocenters. The molecule has 2 aromatic rings. The number of fused-ring (bicyclic) bond motifs is 1. The number of hydrogen-bond donors (Lipinski definition) is 2. The van der Waals surface area contributed by atoms with E-state index in [1.807, 2.05) is 12.1 Å². The van der Waals surface area contributed by atoms with Crippen LogP contribution in [0.3, 0.4) is 0 Å². The summed E-state index contributed by atoms with van der Waals surface area (Å²) in [6.45, 7) is -0.156. The van der Waals surface area contributed by atoms with E-state index < -0.39 is 11.9 Å². The molecule has 22 heavy (non-hydrogen) atoms. The molecule has 0 saturated carbocycles. The number of nitrogens with zero attached hydrogens (tertiary/aromatic N) is 1. The highest BCUT2D eigenvalue weighted by molar-refractivity contribution is 5.89. The molecule has 2 N–H and O–H groups in total. The number of phenolic OH excluding ortho intramolecular Hbond substituents is 1. The lowest BCUT2D eigenvalue weighted by Gasteiger charge is -2.16. The van der Waals surface area contributed by atoms with Gasteiger partial charge in [0.2, 0.25) is 5.91 Å². The van der Waals surface area contributed by atoms with Crippen LogP contribution in [0.15, 0.2) is 36.4 Å². The van der Waals surface area contributed by atoms with E-state index in [4.69, 9.17) is 0 Å². The second-order valence-electron chi connectivity index (χ2n) is 4.82. The predicted molar refractivity (Wildman–Crippen MR) is 79.2 cm³/mol. The third-order valence-corrected chi connectivity index (χ3v) is 3.36. The molecule has 0 spiro atoms. The van der Waals surface area contributed by atoms with Gasteiger partial charge in [0.25, 0.3) is 0 Å². The summed E-state index contributed by atoms with van der Waals surface area (Å²) in [4.78, 5) is 22.7. The van der Waals surface area contributed by atoms with Crippen molar-refractivity contribution in [2.75, 3.05) is 7.11 Å². The van der Waals surface area contributed by atoms with Gasteiger partial charge in [-0.1, -0.05) is 36.4 Å². The van der Waals surface area contributed by atoms with Crippen LogP contribution < -0.4 is 0 Å². The Bertz CT molecular complexity index is 698. The molecule has 2 aromatic carbocycles. The van der Waals surface area contributed by atoms with Crippen molar-refractivity contribution in [2.24, 2.45) is 0 Å². The molecule has 0 heterocycles. The molecule has 0 bridgehead atoms. The molecule has 0 atom stereocenters. The zero-order valence-electron chi connectivity index (χ0n) is 12.2. The van der Waals surface area contributed by atoms with Crippen molar-refractivity contribution in [1.82, 2.24) is 5.06 Å². The molecule has 0 aliphatic rings. The van der Waals surface area contributed by atoms with Crippen molar-refractivity contribution in [2.45, 2.75) is 19.4 Å². The molecule has 6 heteroatoms. The first-order valence-electron chi connectivity index (χ1n) is 6.78. The number of amides is 1. The van der Waals surface area contributed by atoms with Crippen molar-refractivity contribution in [3.8, 4) is 5.75 Å². The molecular formula is C16H17NO5. The fourth-order valence-electron chi connectivity index (χ4n) is 2.12. The summed E-state index contributed by atoms with van der Waals surface area (Å²) in [5.41, 5.74) is 0.424. The van der Waals surface area contributed by atoms with Gasteiger partial charge < -0.3 is 9.84 Å². The lowest BCUT2D eigenvalue weighted by atomic mass is 10.1. The number of hydrogen-bond acceptors (Lipinski definition) is 5. The van der Waals surface area contributed by atoms with Crippen LogP contribution in [0.1, 0.15) is 18.4 Å². The van der Waals surface area contributed by atoms with Crippen molar-refractivity contribution in [3.05, 3.63) is 42.0 Å². The van der Waals surface area contributed by atoms with Crippen LogP contribution in [0.5, 0.6) is 5.75 Å². The number of ether oxygens (including phenoxy) is 1. The highest BCUT2D eigenvalue weighted by Gasteiger charge is 2.16. The number of phenols is 1. The Kier molecular flexibility index (Phi) is 4.95. The van der Waals surface area contributed by atoms with Crippen LogP contribution in [0.2, 0.25) is 0 Å². The number of benzene rings is 2. The summed E-state index contributed by atoms with van der Waals surface area (Å²) in [5, 5.41) is 22.0. The number of hydroxylamine groups is 2. The first-order valence-corrected chi connectivity index (χ1v) is 6.78. The highest BCUT2D eigenvalue weighted by Crippen LogP contribution is 2.29. The first-order chi connectivity index (χ1) is 10.5. The molecule has 0 fully saturated rings. The normalized spacial score (nSPS) is 10.5. The predicted octanol–water partition coefficient (Wildman–Crippen LogP) is 2.22. The van der Waals surface area contributed by atoms with Crippen molar-refractivity contribution in [1.29, 1.82) is 0 Å². The van der Waals surface area contributed by atoms with Crippen molar-refractivity contribution in [3.63, 3.8) is 0 Å². The summed E-state index contributed by atoms with van der Waals surface area (Å²) in [6.07, 6.45) is -0.256. The van der Waals surface area contributed by atoms with Gasteiger partial charge in [0.15, 0.2) is 0 Å². The summed E-state index contributed by atoms with van der Waals surface area (Å²) in [5.74, 6) is -1.11. The van der Waals surface area contributed by atoms with Gasteiger partial charge in [0.05, 0.1) is 20.1 Å². The van der Waals surface area contributed by atoms with E-state index >= 15 is 0 Å². The van der Waals surface area contributed by atoms with Gasteiger partial charge in [0, 0.05) is 17.4 Å². The van der Waals surface area contributed by atoms with Gasteiger partial charge in [-0.2, -0.15) is 0 Å². The highest BCUT2D eigenvalue weighted by atomic mass is 16.5. The Hall–Kier alpha value is -2.60. The SMILES string of the molecule is COC(=O)CCC(=O)N(O)Cc1ccc2ccccc2c1O. The van der Waals surface area contributed by atoms with E-state index in [1.165, 1.54) is 7.11 Å². The zero-order valence-corrected chi connectivity index (χ0v) is 12.2. The molecule has 0 aromatic heterocycles. The molecule has 0 aliphatic heterocycles. The fourth-order valence-corrected chi connectivity index (χ4v) is 2.12. The average Bonchev–Trinajstić information content (AvgIpc) is 2.54. The van der Waals surface area contributed by atoms with E-state index in [9.17, 15) is 19.9 Å². The summed E-state index contributed by atoms with van der Waals surface area (Å²) < 4.78 is 4.43. The van der Waals surface area contributed by atoms with Crippen molar-refractivity contribution >= 4 is 22.6 Å². The monoisotopic (exact) mass is 303 g/mol. The minimum atomic E-state index is -0.613. The Morgan fingerprint density at radius 3 is 2.59 bits per heavy atom. The standard InChI is InChI=1S/C16H17NO5/c1-22-15(19)9-8-14(18)17(21)10-12-7-6-11-4-2-3-5-13(11)16(12)20/h2-7,20-21H,8-10H2,1H3. The van der Waals surface area contributed by atoms with Crippen LogP contribution in [0.4, 0.5) is 0 Å². The molecule has 2 rings (SSSR count). The lowest BCUT2D eigenvalue weighted by Crippen LogP contribution is -2.27. The Labute approximate surface area is 127 Å². The fraction of sp³-hybridized carbons (Fsp3) is 0.250. The summed E-state index contributed by atoms with van der Waals surface area (Å²) in [6, 6.07) is 10.7. The Morgan fingerprint density at radius 1 is 1.14 bits per heavy atom. The maximum Gasteiger partial charge on any atom is 0.306 e. The maximum atomic E-state index is 11.7. The van der Waals surface area contributed by atoms with Gasteiger partial charge in [0.1, 0.15) is 5.75 Å². The van der Waals surface area contributed by atoms with E-state index in [1.54, 1.807) is 24.3 Å². The first kappa shape index (κ1) is 15.8. The second kappa shape index (κ2) is 6.91. The summed E-state index contributed by atoms with van der Waals surface area (Å²) >= 11 is 0. The average molecular weight is 303 g/mol. The molecule has 0 aliphatic carbocycles. The number of rotatable bonds is 5. The quantitative estimate of drug-likeness (QED) is 0.502. The lowest BCUT2D eigenvalue weighted by molar-refractivity contribution is -0.169. The summed E-state index contributed by atoms with van der Waals surface area (Å²) in [7, 11) is 1.23. The van der Waals surface area contributed by atoms with Crippen LogP contribution >= 0.6 is 0 Å². The van der Waals surface area contributed by atoms with Crippen molar-refractivity contribution < 1.29 is 24.6 Å². The Morgan fingerprint density at radius 2 is 1.86 bits per heavy atom. The largest absolute Gasteiger partial charge is 0.507 e. The number of aromatic hydroxyl groups is 1.